The standard InChI is InChI=1S/C26H26ClFN6O2/c1-13-16(11-31-24-22(13)30-8-9-36-24)18-19(27)23-17(21(29)20(18)28)12-32-25(34-23)33-15-6-4-14(5-7-15)10-26(2,3)35/h4-7,11-12,30,35H,8-10,29H2,1-3H3,(H,32,33,34). The van der Waals surface area contributed by atoms with Crippen molar-refractivity contribution in [3.8, 4) is 17.0 Å². The smallest absolute Gasteiger partial charge is 0.237 e. The first-order chi connectivity index (χ1) is 17.1. The maximum atomic E-state index is 15.5. The minimum atomic E-state index is -0.797. The molecular weight excluding hydrogens is 483 g/mol. The zero-order valence-corrected chi connectivity index (χ0v) is 20.9. The van der Waals surface area contributed by atoms with Gasteiger partial charge < -0.3 is 26.2 Å². The van der Waals surface area contributed by atoms with Crippen LogP contribution in [0, 0.1) is 12.7 Å². The van der Waals surface area contributed by atoms with E-state index < -0.39 is 11.4 Å². The third-order valence-corrected chi connectivity index (χ3v) is 6.39. The minimum Gasteiger partial charge on any atom is -0.474 e. The van der Waals surface area contributed by atoms with Gasteiger partial charge in [0.15, 0.2) is 5.82 Å². The second-order valence-corrected chi connectivity index (χ2v) is 9.81. The largest absolute Gasteiger partial charge is 0.474 e. The molecule has 1 aliphatic heterocycles. The molecule has 36 heavy (non-hydrogen) atoms. The van der Waals surface area contributed by atoms with E-state index in [9.17, 15) is 5.11 Å². The number of hydrogen-bond donors (Lipinski definition) is 4. The molecule has 5 rings (SSSR count). The molecule has 0 amide bonds. The molecule has 2 aromatic carbocycles. The van der Waals surface area contributed by atoms with Crippen molar-refractivity contribution in [3.63, 3.8) is 0 Å². The number of nitrogens with zero attached hydrogens (tertiary/aromatic N) is 3. The summed E-state index contributed by atoms with van der Waals surface area (Å²) in [5.74, 6) is 0.0999. The van der Waals surface area contributed by atoms with Gasteiger partial charge in [-0.1, -0.05) is 23.7 Å². The number of nitrogen functional groups attached to an aromatic ring is 1. The van der Waals surface area contributed by atoms with Gasteiger partial charge in [0.05, 0.1) is 21.8 Å². The summed E-state index contributed by atoms with van der Waals surface area (Å²) in [5, 5.41) is 16.9. The van der Waals surface area contributed by atoms with E-state index in [4.69, 9.17) is 22.1 Å². The average Bonchev–Trinajstić information content (AvgIpc) is 2.84. The van der Waals surface area contributed by atoms with Gasteiger partial charge in [0.25, 0.3) is 0 Å². The molecule has 0 saturated carbocycles. The summed E-state index contributed by atoms with van der Waals surface area (Å²) in [6, 6.07) is 7.59. The number of anilines is 4. The Labute approximate surface area is 212 Å². The van der Waals surface area contributed by atoms with E-state index >= 15 is 4.39 Å². The van der Waals surface area contributed by atoms with Gasteiger partial charge in [-0.3, -0.25) is 0 Å². The van der Waals surface area contributed by atoms with Gasteiger partial charge in [0.1, 0.15) is 12.3 Å². The van der Waals surface area contributed by atoms with E-state index in [1.165, 1.54) is 12.4 Å². The molecule has 0 atom stereocenters. The quantitative estimate of drug-likeness (QED) is 0.270. The zero-order chi connectivity index (χ0) is 25.6. The molecule has 0 radical (unpaired) electrons. The Morgan fingerprint density at radius 2 is 1.97 bits per heavy atom. The highest BCUT2D eigenvalue weighted by atomic mass is 35.5. The van der Waals surface area contributed by atoms with Crippen LogP contribution in [-0.2, 0) is 6.42 Å². The van der Waals surface area contributed by atoms with Gasteiger partial charge in [0, 0.05) is 47.6 Å². The number of pyridine rings is 1. The lowest BCUT2D eigenvalue weighted by atomic mass is 9.98. The Hall–Kier alpha value is -3.69. The highest BCUT2D eigenvalue weighted by Crippen LogP contribution is 2.44. The number of nitrogens with two attached hydrogens (primary N) is 1. The second-order valence-electron chi connectivity index (χ2n) is 9.44. The fraction of sp³-hybridized carbons (Fsp3) is 0.269. The number of nitrogens with one attached hydrogen (secondary N) is 2. The second kappa shape index (κ2) is 9.07. The van der Waals surface area contributed by atoms with Gasteiger partial charge in [-0.25, -0.2) is 19.3 Å². The molecule has 1 aliphatic rings. The van der Waals surface area contributed by atoms with Crippen molar-refractivity contribution in [1.82, 2.24) is 15.0 Å². The van der Waals surface area contributed by atoms with Crippen molar-refractivity contribution in [3.05, 3.63) is 58.6 Å². The van der Waals surface area contributed by atoms with Crippen molar-refractivity contribution in [2.75, 3.05) is 29.5 Å². The Balaban J connectivity index is 1.54. The normalized spacial score (nSPS) is 13.2. The van der Waals surface area contributed by atoms with Crippen LogP contribution < -0.4 is 21.1 Å². The molecule has 0 spiro atoms. The van der Waals surface area contributed by atoms with Crippen LogP contribution in [0.25, 0.3) is 22.0 Å². The summed E-state index contributed by atoms with van der Waals surface area (Å²) in [6.07, 6.45) is 3.52. The topological polar surface area (TPSA) is 118 Å². The maximum absolute atomic E-state index is 15.5. The summed E-state index contributed by atoms with van der Waals surface area (Å²) in [4.78, 5) is 13.2. The molecule has 0 saturated heterocycles. The number of hydrogen-bond acceptors (Lipinski definition) is 8. The third kappa shape index (κ3) is 4.47. The summed E-state index contributed by atoms with van der Waals surface area (Å²) in [5.41, 5.74) is 9.43. The molecule has 2 aromatic heterocycles. The van der Waals surface area contributed by atoms with Crippen molar-refractivity contribution < 1.29 is 14.2 Å². The van der Waals surface area contributed by atoms with Gasteiger partial charge in [0.2, 0.25) is 11.8 Å². The Morgan fingerprint density at radius 1 is 1.22 bits per heavy atom. The summed E-state index contributed by atoms with van der Waals surface area (Å²) >= 11 is 6.75. The molecule has 8 nitrogen and oxygen atoms in total. The molecule has 186 valence electrons. The molecule has 10 heteroatoms. The third-order valence-electron chi connectivity index (χ3n) is 6.02. The first-order valence-electron chi connectivity index (χ1n) is 11.5. The van der Waals surface area contributed by atoms with Crippen molar-refractivity contribution in [1.29, 1.82) is 0 Å². The number of halogens is 2. The average molecular weight is 509 g/mol. The number of rotatable bonds is 5. The lowest BCUT2D eigenvalue weighted by Crippen LogP contribution is -2.21. The predicted octanol–water partition coefficient (Wildman–Crippen LogP) is 5.24. The molecule has 4 aromatic rings. The first-order valence-corrected chi connectivity index (χ1v) is 11.9. The predicted molar refractivity (Wildman–Crippen MR) is 141 cm³/mol. The Bertz CT molecular complexity index is 1470. The molecule has 0 bridgehead atoms. The van der Waals surface area contributed by atoms with Crippen LogP contribution >= 0.6 is 11.6 Å². The number of benzene rings is 2. The highest BCUT2D eigenvalue weighted by Gasteiger charge is 2.25. The highest BCUT2D eigenvalue weighted by molar-refractivity contribution is 6.38. The molecule has 3 heterocycles. The SMILES string of the molecule is Cc1c(-c2c(F)c(N)c3cnc(Nc4ccc(CC(C)(C)O)cc4)nc3c2Cl)cnc2c1NCCO2. The lowest BCUT2D eigenvalue weighted by molar-refractivity contribution is 0.0810. The van der Waals surface area contributed by atoms with Gasteiger partial charge in [-0.15, -0.1) is 0 Å². The summed E-state index contributed by atoms with van der Waals surface area (Å²) in [7, 11) is 0. The number of aromatic nitrogens is 3. The van der Waals surface area contributed by atoms with Crippen LogP contribution in [0.5, 0.6) is 5.88 Å². The fourth-order valence-electron chi connectivity index (χ4n) is 4.32. The molecule has 5 N–H and O–H groups in total. The van der Waals surface area contributed by atoms with E-state index in [0.29, 0.717) is 47.6 Å². The van der Waals surface area contributed by atoms with Gasteiger partial charge >= 0.3 is 0 Å². The van der Waals surface area contributed by atoms with E-state index in [1.807, 2.05) is 31.2 Å². The first kappa shape index (κ1) is 24.0. The molecular formula is C26H26ClFN6O2. The monoisotopic (exact) mass is 508 g/mol. The Kier molecular flexibility index (Phi) is 6.05. The van der Waals surface area contributed by atoms with E-state index in [-0.39, 0.29) is 22.2 Å². The van der Waals surface area contributed by atoms with Crippen molar-refractivity contribution in [2.45, 2.75) is 32.8 Å². The van der Waals surface area contributed by atoms with Crippen LogP contribution in [0.1, 0.15) is 25.0 Å². The summed E-state index contributed by atoms with van der Waals surface area (Å²) in [6.45, 7) is 6.51. The van der Waals surface area contributed by atoms with Crippen LogP contribution in [-0.4, -0.2) is 38.8 Å². The van der Waals surface area contributed by atoms with Gasteiger partial charge in [-0.05, 0) is 44.0 Å². The Morgan fingerprint density at radius 3 is 2.69 bits per heavy atom. The minimum absolute atomic E-state index is 0.0896. The van der Waals surface area contributed by atoms with Crippen LogP contribution in [0.4, 0.5) is 27.4 Å². The van der Waals surface area contributed by atoms with Crippen molar-refractivity contribution >= 4 is 45.5 Å². The zero-order valence-electron chi connectivity index (χ0n) is 20.1. The number of aliphatic hydroxyl groups is 1. The van der Waals surface area contributed by atoms with E-state index in [1.54, 1.807) is 13.8 Å². The van der Waals surface area contributed by atoms with Gasteiger partial charge in [-0.2, -0.15) is 0 Å². The lowest BCUT2D eigenvalue weighted by Gasteiger charge is -2.22. The van der Waals surface area contributed by atoms with Crippen LogP contribution in [0.3, 0.4) is 0 Å². The van der Waals surface area contributed by atoms with Crippen molar-refractivity contribution in [2.24, 2.45) is 0 Å². The number of ether oxygens (including phenoxy) is 1. The van der Waals surface area contributed by atoms with E-state index in [2.05, 4.69) is 25.6 Å². The number of fused-ring (bicyclic) bond motifs is 2. The molecule has 0 aliphatic carbocycles. The molecule has 0 unspecified atom stereocenters. The maximum Gasteiger partial charge on any atom is 0.237 e. The van der Waals surface area contributed by atoms with Crippen LogP contribution in [0.15, 0.2) is 36.7 Å². The summed E-state index contributed by atoms with van der Waals surface area (Å²) < 4.78 is 21.1. The van der Waals surface area contributed by atoms with Crippen LogP contribution in [0.2, 0.25) is 5.02 Å². The fourth-order valence-corrected chi connectivity index (χ4v) is 4.65. The molecule has 0 fully saturated rings. The van der Waals surface area contributed by atoms with E-state index in [0.717, 1.165) is 16.8 Å².